The molecular formula is C17H14FN5O2S. The second-order valence-corrected chi connectivity index (χ2v) is 6.83. The van der Waals surface area contributed by atoms with Gasteiger partial charge < -0.3 is 9.42 Å². The highest BCUT2D eigenvalue weighted by atomic mass is 32.2. The third-order valence-electron chi connectivity index (χ3n) is 3.99. The van der Waals surface area contributed by atoms with Crippen LogP contribution in [-0.2, 0) is 4.79 Å². The second-order valence-electron chi connectivity index (χ2n) is 5.79. The Morgan fingerprint density at radius 3 is 2.81 bits per heavy atom. The average Bonchev–Trinajstić information content (AvgIpc) is 3.10. The highest BCUT2D eigenvalue weighted by Crippen LogP contribution is 2.28. The Balaban J connectivity index is 1.29. The number of benzene rings is 1. The van der Waals surface area contributed by atoms with Gasteiger partial charge in [-0.05, 0) is 24.3 Å². The van der Waals surface area contributed by atoms with E-state index in [9.17, 15) is 9.18 Å². The van der Waals surface area contributed by atoms with Crippen LogP contribution in [0.2, 0.25) is 0 Å². The fourth-order valence-corrected chi connectivity index (χ4v) is 3.33. The minimum absolute atomic E-state index is 0.0317. The van der Waals surface area contributed by atoms with Crippen molar-refractivity contribution in [2.24, 2.45) is 0 Å². The molecule has 1 aliphatic heterocycles. The molecule has 1 aliphatic rings. The standard InChI is InChI=1S/C17H14FN5O2S/c18-12-1-3-13(4-2-12)26-10-15(24)23-8-11(9-23)17-21-16(22-25-17)14-7-19-5-6-20-14/h1-7,11H,8-10H2. The molecule has 1 fully saturated rings. The van der Waals surface area contributed by atoms with Crippen LogP contribution in [0.3, 0.4) is 0 Å². The largest absolute Gasteiger partial charge is 0.340 e. The maximum atomic E-state index is 12.9. The molecule has 0 atom stereocenters. The highest BCUT2D eigenvalue weighted by Gasteiger charge is 2.35. The number of rotatable bonds is 5. The van der Waals surface area contributed by atoms with Gasteiger partial charge in [0.1, 0.15) is 11.5 Å². The summed E-state index contributed by atoms with van der Waals surface area (Å²) in [6.45, 7) is 1.09. The van der Waals surface area contributed by atoms with Crippen molar-refractivity contribution in [1.82, 2.24) is 25.0 Å². The molecule has 0 saturated carbocycles. The van der Waals surface area contributed by atoms with Crippen LogP contribution in [-0.4, -0.2) is 49.8 Å². The van der Waals surface area contributed by atoms with Gasteiger partial charge in [-0.25, -0.2) is 9.37 Å². The first-order valence-corrected chi connectivity index (χ1v) is 8.94. The van der Waals surface area contributed by atoms with Gasteiger partial charge in [0.05, 0.1) is 17.9 Å². The van der Waals surface area contributed by atoms with Gasteiger partial charge in [0.2, 0.25) is 17.6 Å². The number of aromatic nitrogens is 4. The minimum Gasteiger partial charge on any atom is -0.340 e. The van der Waals surface area contributed by atoms with Crippen molar-refractivity contribution < 1.29 is 13.7 Å². The van der Waals surface area contributed by atoms with E-state index in [2.05, 4.69) is 20.1 Å². The molecule has 0 N–H and O–H groups in total. The molecule has 3 aromatic rings. The molecule has 2 aromatic heterocycles. The zero-order chi connectivity index (χ0) is 17.9. The topological polar surface area (TPSA) is 85.0 Å². The summed E-state index contributed by atoms with van der Waals surface area (Å²) in [6, 6.07) is 6.10. The summed E-state index contributed by atoms with van der Waals surface area (Å²) in [7, 11) is 0. The fraction of sp³-hybridized carbons (Fsp3) is 0.235. The Morgan fingerprint density at radius 1 is 1.27 bits per heavy atom. The van der Waals surface area contributed by atoms with Crippen LogP contribution >= 0.6 is 11.8 Å². The van der Waals surface area contributed by atoms with Gasteiger partial charge in [-0.3, -0.25) is 9.78 Å². The Labute approximate surface area is 152 Å². The zero-order valence-electron chi connectivity index (χ0n) is 13.6. The van der Waals surface area contributed by atoms with Crippen LogP contribution in [0.5, 0.6) is 0 Å². The molecule has 0 radical (unpaired) electrons. The van der Waals surface area contributed by atoms with Gasteiger partial charge in [-0.1, -0.05) is 5.16 Å². The van der Waals surface area contributed by atoms with Crippen molar-refractivity contribution >= 4 is 17.7 Å². The van der Waals surface area contributed by atoms with Gasteiger partial charge in [0.15, 0.2) is 0 Å². The SMILES string of the molecule is O=C(CSc1ccc(F)cc1)N1CC(c2nc(-c3cnccn3)no2)C1. The molecule has 1 saturated heterocycles. The molecule has 3 heterocycles. The third kappa shape index (κ3) is 3.57. The number of carbonyl (C=O) groups is 1. The Morgan fingerprint density at radius 2 is 2.08 bits per heavy atom. The van der Waals surface area contributed by atoms with Crippen LogP contribution in [0.1, 0.15) is 11.8 Å². The van der Waals surface area contributed by atoms with Gasteiger partial charge in [-0.2, -0.15) is 4.98 Å². The molecule has 0 bridgehead atoms. The molecule has 0 spiro atoms. The minimum atomic E-state index is -0.285. The van der Waals surface area contributed by atoms with Crippen LogP contribution < -0.4 is 0 Å². The molecule has 9 heteroatoms. The normalized spacial score (nSPS) is 14.3. The summed E-state index contributed by atoms with van der Waals surface area (Å²) in [6.07, 6.45) is 4.70. The van der Waals surface area contributed by atoms with Crippen LogP contribution in [0.15, 0.2) is 52.3 Å². The summed E-state index contributed by atoms with van der Waals surface area (Å²) < 4.78 is 18.2. The number of nitrogens with zero attached hydrogens (tertiary/aromatic N) is 5. The van der Waals surface area contributed by atoms with Crippen LogP contribution in [0, 0.1) is 5.82 Å². The summed E-state index contributed by atoms with van der Waals surface area (Å²) in [5.74, 6) is 0.988. The molecule has 1 aromatic carbocycles. The van der Waals surface area contributed by atoms with Crippen molar-refractivity contribution in [2.45, 2.75) is 10.8 Å². The maximum Gasteiger partial charge on any atom is 0.233 e. The van der Waals surface area contributed by atoms with Gasteiger partial charge >= 0.3 is 0 Å². The van der Waals surface area contributed by atoms with Gasteiger partial charge in [0, 0.05) is 30.4 Å². The summed E-state index contributed by atoms with van der Waals surface area (Å²) >= 11 is 1.39. The van der Waals surface area contributed by atoms with Crippen molar-refractivity contribution in [1.29, 1.82) is 0 Å². The molecule has 7 nitrogen and oxygen atoms in total. The number of amides is 1. The predicted octanol–water partition coefficient (Wildman–Crippen LogP) is 2.38. The average molecular weight is 371 g/mol. The predicted molar refractivity (Wildman–Crippen MR) is 91.8 cm³/mol. The number of thioether (sulfide) groups is 1. The summed E-state index contributed by atoms with van der Waals surface area (Å²) in [4.78, 5) is 27.3. The smallest absolute Gasteiger partial charge is 0.233 e. The van der Waals surface area contributed by atoms with E-state index < -0.39 is 0 Å². The lowest BCUT2D eigenvalue weighted by molar-refractivity contribution is -0.133. The van der Waals surface area contributed by atoms with Gasteiger partial charge in [-0.15, -0.1) is 11.8 Å². The lowest BCUT2D eigenvalue weighted by Crippen LogP contribution is -2.49. The Hall–Kier alpha value is -2.81. The highest BCUT2D eigenvalue weighted by molar-refractivity contribution is 8.00. The summed E-state index contributed by atoms with van der Waals surface area (Å²) in [5, 5.41) is 3.92. The molecule has 132 valence electrons. The van der Waals surface area contributed by atoms with Crippen LogP contribution in [0.25, 0.3) is 11.5 Å². The molecule has 4 rings (SSSR count). The van der Waals surface area contributed by atoms with E-state index in [0.29, 0.717) is 36.3 Å². The Kier molecular flexibility index (Phi) is 4.61. The third-order valence-corrected chi connectivity index (χ3v) is 4.99. The molecule has 1 amide bonds. The number of hydrogen-bond donors (Lipinski definition) is 0. The van der Waals surface area contributed by atoms with E-state index in [1.54, 1.807) is 35.6 Å². The number of halogens is 1. The number of carbonyl (C=O) groups excluding carboxylic acids is 1. The van der Waals surface area contributed by atoms with Crippen molar-refractivity contribution in [3.8, 4) is 11.5 Å². The van der Waals surface area contributed by atoms with Crippen LogP contribution in [0.4, 0.5) is 4.39 Å². The first-order chi connectivity index (χ1) is 12.7. The van der Waals surface area contributed by atoms with E-state index in [1.165, 1.54) is 23.9 Å². The van der Waals surface area contributed by atoms with E-state index in [1.807, 2.05) is 0 Å². The van der Waals surface area contributed by atoms with E-state index >= 15 is 0 Å². The lowest BCUT2D eigenvalue weighted by atomic mass is 10.0. The quantitative estimate of drug-likeness (QED) is 0.637. The first-order valence-electron chi connectivity index (χ1n) is 7.95. The molecule has 26 heavy (non-hydrogen) atoms. The van der Waals surface area contributed by atoms with Crippen molar-refractivity contribution in [3.63, 3.8) is 0 Å². The maximum absolute atomic E-state index is 12.9. The second kappa shape index (κ2) is 7.20. The van der Waals surface area contributed by atoms with Gasteiger partial charge in [0.25, 0.3) is 0 Å². The van der Waals surface area contributed by atoms with Crippen molar-refractivity contribution in [3.05, 3.63) is 54.6 Å². The van der Waals surface area contributed by atoms with Crippen molar-refractivity contribution in [2.75, 3.05) is 18.8 Å². The van der Waals surface area contributed by atoms with E-state index in [4.69, 9.17) is 4.52 Å². The zero-order valence-corrected chi connectivity index (χ0v) is 14.4. The van der Waals surface area contributed by atoms with E-state index in [-0.39, 0.29) is 17.6 Å². The molecule has 0 aliphatic carbocycles. The monoisotopic (exact) mass is 371 g/mol. The molecular weight excluding hydrogens is 357 g/mol. The molecule has 0 unspecified atom stereocenters. The first kappa shape index (κ1) is 16.6. The number of likely N-dealkylation sites (tertiary alicyclic amines) is 1. The lowest BCUT2D eigenvalue weighted by Gasteiger charge is -2.37. The Bertz CT molecular complexity index is 897. The van der Waals surface area contributed by atoms with E-state index in [0.717, 1.165) is 4.90 Å². The summed E-state index contributed by atoms with van der Waals surface area (Å²) in [5.41, 5.74) is 0.547. The fourth-order valence-electron chi connectivity index (χ4n) is 2.53. The number of hydrogen-bond acceptors (Lipinski definition) is 7.